The van der Waals surface area contributed by atoms with Crippen LogP contribution >= 0.6 is 11.6 Å². The van der Waals surface area contributed by atoms with E-state index in [1.807, 2.05) is 18.2 Å². The first-order chi connectivity index (χ1) is 14.5. The fraction of sp³-hybridized carbons (Fsp3) is 0. The summed E-state index contributed by atoms with van der Waals surface area (Å²) in [4.78, 5) is 23.1. The van der Waals surface area contributed by atoms with Crippen molar-refractivity contribution in [3.63, 3.8) is 0 Å². The summed E-state index contributed by atoms with van der Waals surface area (Å²) < 4.78 is 5.66. The number of rotatable bonds is 6. The predicted octanol–water partition coefficient (Wildman–Crippen LogP) is 5.79. The quantitative estimate of drug-likeness (QED) is 0.184. The van der Waals surface area contributed by atoms with E-state index in [1.54, 1.807) is 36.4 Å². The average Bonchev–Trinajstić information content (AvgIpc) is 3.42. The number of nitrogens with one attached hydrogen (secondary N) is 1. The zero-order valence-corrected chi connectivity index (χ0v) is 16.2. The number of ketones is 1. The maximum atomic E-state index is 12.5. The van der Waals surface area contributed by atoms with Crippen molar-refractivity contribution < 1.29 is 14.1 Å². The molecule has 2 aromatic carbocycles. The number of nitrogens with zero attached hydrogens (tertiary/aromatic N) is 2. The monoisotopic (exact) mass is 419 g/mol. The van der Waals surface area contributed by atoms with Crippen molar-refractivity contribution in [2.75, 3.05) is 0 Å². The molecule has 0 aliphatic rings. The van der Waals surface area contributed by atoms with Crippen LogP contribution in [0.3, 0.4) is 0 Å². The molecule has 0 amide bonds. The van der Waals surface area contributed by atoms with Crippen LogP contribution in [0.25, 0.3) is 28.7 Å². The summed E-state index contributed by atoms with van der Waals surface area (Å²) in [6.07, 6.45) is 4.48. The van der Waals surface area contributed by atoms with E-state index in [1.165, 1.54) is 24.4 Å². The number of non-ortho nitro benzene ring substituents is 1. The minimum atomic E-state index is -0.466. The van der Waals surface area contributed by atoms with Crippen LogP contribution in [0.1, 0.15) is 16.1 Å². The number of carbonyl (C=O) groups excluding carboxylic acids is 1. The normalized spacial score (nSPS) is 11.1. The van der Waals surface area contributed by atoms with Gasteiger partial charge < -0.3 is 4.42 Å². The number of carbonyl (C=O) groups is 1. The lowest BCUT2D eigenvalue weighted by Crippen LogP contribution is -1.91. The predicted molar refractivity (Wildman–Crippen MR) is 113 cm³/mol. The summed E-state index contributed by atoms with van der Waals surface area (Å²) in [5.74, 6) is 0.332. The lowest BCUT2D eigenvalue weighted by molar-refractivity contribution is -0.384. The summed E-state index contributed by atoms with van der Waals surface area (Å²) in [6, 6.07) is 16.6. The first kappa shape index (κ1) is 19.4. The number of aromatic nitrogens is 2. The van der Waals surface area contributed by atoms with E-state index in [-0.39, 0.29) is 17.2 Å². The topological polar surface area (TPSA) is 102 Å². The molecule has 0 fully saturated rings. The van der Waals surface area contributed by atoms with E-state index in [0.717, 1.165) is 0 Å². The fourth-order valence-electron chi connectivity index (χ4n) is 2.95. The Balaban J connectivity index is 1.57. The van der Waals surface area contributed by atoms with E-state index in [9.17, 15) is 14.9 Å². The van der Waals surface area contributed by atoms with Gasteiger partial charge in [-0.1, -0.05) is 35.9 Å². The Labute approximate surface area is 175 Å². The maximum Gasteiger partial charge on any atom is 0.270 e. The highest BCUT2D eigenvalue weighted by atomic mass is 35.5. The Bertz CT molecular complexity index is 1270. The van der Waals surface area contributed by atoms with Crippen LogP contribution in [0.15, 0.2) is 77.4 Å². The van der Waals surface area contributed by atoms with Crippen molar-refractivity contribution in [2.24, 2.45) is 0 Å². The van der Waals surface area contributed by atoms with E-state index in [4.69, 9.17) is 16.0 Å². The van der Waals surface area contributed by atoms with Crippen molar-refractivity contribution in [1.82, 2.24) is 10.2 Å². The lowest BCUT2D eigenvalue weighted by Gasteiger charge is -2.00. The highest BCUT2D eigenvalue weighted by Gasteiger charge is 2.14. The van der Waals surface area contributed by atoms with Crippen molar-refractivity contribution in [1.29, 1.82) is 0 Å². The largest absolute Gasteiger partial charge is 0.453 e. The molecule has 0 aliphatic heterocycles. The van der Waals surface area contributed by atoms with Gasteiger partial charge in [0.1, 0.15) is 5.76 Å². The van der Waals surface area contributed by atoms with E-state index in [2.05, 4.69) is 10.2 Å². The van der Waals surface area contributed by atoms with Crippen molar-refractivity contribution in [3.05, 3.63) is 99.4 Å². The Morgan fingerprint density at radius 2 is 1.97 bits per heavy atom. The number of furan rings is 1. The number of aromatic amines is 1. The van der Waals surface area contributed by atoms with Crippen molar-refractivity contribution in [3.8, 4) is 22.6 Å². The second kappa shape index (κ2) is 8.18. The second-order valence-electron chi connectivity index (χ2n) is 6.35. The highest BCUT2D eigenvalue weighted by molar-refractivity contribution is 6.33. The number of allylic oxidation sites excluding steroid dienone is 1. The number of hydrogen-bond acceptors (Lipinski definition) is 5. The summed E-state index contributed by atoms with van der Waals surface area (Å²) in [5.41, 5.74) is 2.44. The first-order valence-corrected chi connectivity index (χ1v) is 9.26. The molecular weight excluding hydrogens is 406 g/mol. The summed E-state index contributed by atoms with van der Waals surface area (Å²) in [6.45, 7) is 0. The summed E-state index contributed by atoms with van der Waals surface area (Å²) in [5, 5.41) is 18.3. The SMILES string of the molecule is O=C(C=Cc1cn[nH]c1-c1cccc([N+](=O)[O-])c1)c1ccc(-c2ccccc2Cl)o1. The van der Waals surface area contributed by atoms with Gasteiger partial charge in [0.2, 0.25) is 5.78 Å². The van der Waals surface area contributed by atoms with Crippen LogP contribution in [-0.4, -0.2) is 20.9 Å². The molecule has 30 heavy (non-hydrogen) atoms. The van der Waals surface area contributed by atoms with E-state index in [0.29, 0.717) is 33.2 Å². The molecule has 148 valence electrons. The summed E-state index contributed by atoms with van der Waals surface area (Å²) in [7, 11) is 0. The number of benzene rings is 2. The molecule has 0 saturated carbocycles. The standard InChI is InChI=1S/C22H14ClN3O4/c23-18-7-2-1-6-17(18)20-10-11-21(30-20)19(27)9-8-15-13-24-25-22(15)14-4-3-5-16(12-14)26(28)29/h1-13H,(H,24,25). The fourth-order valence-corrected chi connectivity index (χ4v) is 3.18. The Morgan fingerprint density at radius 1 is 1.13 bits per heavy atom. The molecule has 0 aliphatic carbocycles. The Kier molecular flexibility index (Phi) is 5.28. The van der Waals surface area contributed by atoms with Gasteiger partial charge in [-0.2, -0.15) is 5.10 Å². The van der Waals surface area contributed by atoms with Gasteiger partial charge in [0, 0.05) is 28.8 Å². The molecule has 4 rings (SSSR count). The molecule has 0 spiro atoms. The first-order valence-electron chi connectivity index (χ1n) is 8.88. The van der Waals surface area contributed by atoms with Gasteiger partial charge in [-0.25, -0.2) is 0 Å². The van der Waals surface area contributed by atoms with Crippen LogP contribution < -0.4 is 0 Å². The molecule has 0 unspecified atom stereocenters. The van der Waals surface area contributed by atoms with Crippen LogP contribution in [0.2, 0.25) is 5.02 Å². The van der Waals surface area contributed by atoms with Crippen LogP contribution in [0.5, 0.6) is 0 Å². The molecule has 2 aromatic heterocycles. The molecule has 8 heteroatoms. The molecule has 0 saturated heterocycles. The molecular formula is C22H14ClN3O4. The molecule has 0 atom stereocenters. The molecule has 0 radical (unpaired) electrons. The second-order valence-corrected chi connectivity index (χ2v) is 6.76. The van der Waals surface area contributed by atoms with Gasteiger partial charge in [-0.3, -0.25) is 20.0 Å². The van der Waals surface area contributed by atoms with Crippen molar-refractivity contribution in [2.45, 2.75) is 0 Å². The average molecular weight is 420 g/mol. The highest BCUT2D eigenvalue weighted by Crippen LogP contribution is 2.30. The van der Waals surface area contributed by atoms with Gasteiger partial charge in [0.05, 0.1) is 21.8 Å². The van der Waals surface area contributed by atoms with Crippen molar-refractivity contribution >= 4 is 29.1 Å². The Morgan fingerprint density at radius 3 is 2.77 bits per heavy atom. The Hall–Kier alpha value is -3.97. The third-order valence-electron chi connectivity index (χ3n) is 4.42. The zero-order chi connectivity index (χ0) is 21.1. The van der Waals surface area contributed by atoms with Crippen LogP contribution in [-0.2, 0) is 0 Å². The van der Waals surface area contributed by atoms with E-state index >= 15 is 0 Å². The number of nitro benzene ring substituents is 1. The number of hydrogen-bond donors (Lipinski definition) is 1. The van der Waals surface area contributed by atoms with Gasteiger partial charge in [-0.05, 0) is 36.4 Å². The molecule has 1 N–H and O–H groups in total. The smallest absolute Gasteiger partial charge is 0.270 e. The molecule has 7 nitrogen and oxygen atoms in total. The van der Waals surface area contributed by atoms with Gasteiger partial charge >= 0.3 is 0 Å². The van der Waals surface area contributed by atoms with Crippen LogP contribution in [0.4, 0.5) is 5.69 Å². The van der Waals surface area contributed by atoms with Gasteiger partial charge in [0.25, 0.3) is 5.69 Å². The number of nitro groups is 1. The molecule has 2 heterocycles. The minimum absolute atomic E-state index is 0.0317. The summed E-state index contributed by atoms with van der Waals surface area (Å²) >= 11 is 6.17. The zero-order valence-electron chi connectivity index (χ0n) is 15.4. The lowest BCUT2D eigenvalue weighted by atomic mass is 10.1. The minimum Gasteiger partial charge on any atom is -0.453 e. The van der Waals surface area contributed by atoms with Gasteiger partial charge in [0.15, 0.2) is 5.76 Å². The van der Waals surface area contributed by atoms with Gasteiger partial charge in [-0.15, -0.1) is 0 Å². The number of H-pyrrole nitrogens is 1. The maximum absolute atomic E-state index is 12.5. The third kappa shape index (κ3) is 3.92. The molecule has 4 aromatic rings. The van der Waals surface area contributed by atoms with E-state index < -0.39 is 4.92 Å². The third-order valence-corrected chi connectivity index (χ3v) is 4.75. The number of halogens is 1. The van der Waals surface area contributed by atoms with Crippen LogP contribution in [0, 0.1) is 10.1 Å². The molecule has 0 bridgehead atoms.